The van der Waals surface area contributed by atoms with Gasteiger partial charge in [0.25, 0.3) is 5.69 Å². The van der Waals surface area contributed by atoms with E-state index in [1.807, 2.05) is 0 Å². The monoisotopic (exact) mass is 239 g/mol. The zero-order valence-electron chi connectivity index (χ0n) is 7.75. The summed E-state index contributed by atoms with van der Waals surface area (Å²) < 4.78 is 5.08. The number of nitro groups is 1. The van der Waals surface area contributed by atoms with Crippen LogP contribution < -0.4 is 4.74 Å². The number of benzene rings is 1. The Bertz CT molecular complexity index is 576. The minimum Gasteiger partial charge on any atom is -0.449 e. The zero-order chi connectivity index (χ0) is 11.7. The molecule has 82 valence electrons. The number of non-ortho nitro benzene ring substituents is 1. The molecule has 1 N–H and O–H groups in total. The van der Waals surface area contributed by atoms with Gasteiger partial charge in [0.05, 0.1) is 4.92 Å². The molecule has 7 heteroatoms. The van der Waals surface area contributed by atoms with Crippen LogP contribution in [-0.4, -0.2) is 16.2 Å². The number of thiophene rings is 1. The van der Waals surface area contributed by atoms with Crippen LogP contribution in [0.15, 0.2) is 24.3 Å². The van der Waals surface area contributed by atoms with E-state index in [1.54, 1.807) is 6.07 Å². The second-order valence-electron chi connectivity index (χ2n) is 2.91. The molecule has 0 unspecified atom stereocenters. The van der Waals surface area contributed by atoms with Crippen molar-refractivity contribution in [3.05, 3.63) is 34.4 Å². The van der Waals surface area contributed by atoms with Gasteiger partial charge in [0, 0.05) is 22.9 Å². The smallest absolute Gasteiger partial charge is 0.449 e. The van der Waals surface area contributed by atoms with E-state index in [9.17, 15) is 14.9 Å². The van der Waals surface area contributed by atoms with Crippen LogP contribution in [0, 0.1) is 10.1 Å². The van der Waals surface area contributed by atoms with E-state index in [1.165, 1.54) is 18.2 Å². The van der Waals surface area contributed by atoms with Crippen molar-refractivity contribution >= 4 is 33.3 Å². The number of carbonyl (C=O) groups is 1. The molecule has 0 amide bonds. The maximum atomic E-state index is 10.5. The fourth-order valence-corrected chi connectivity index (χ4v) is 2.19. The van der Waals surface area contributed by atoms with Gasteiger partial charge in [-0.05, 0) is 11.5 Å². The number of rotatable bonds is 2. The van der Waals surface area contributed by atoms with Crippen LogP contribution in [0.5, 0.6) is 5.06 Å². The molecule has 0 aliphatic heterocycles. The Morgan fingerprint density at radius 1 is 1.44 bits per heavy atom. The van der Waals surface area contributed by atoms with E-state index < -0.39 is 11.1 Å². The molecule has 0 aliphatic rings. The molecular weight excluding hydrogens is 234 g/mol. The first-order chi connectivity index (χ1) is 7.56. The van der Waals surface area contributed by atoms with Crippen molar-refractivity contribution in [3.8, 4) is 5.06 Å². The molecule has 1 heterocycles. The molecule has 2 aromatic rings. The van der Waals surface area contributed by atoms with Crippen LogP contribution in [0.3, 0.4) is 0 Å². The van der Waals surface area contributed by atoms with Crippen LogP contribution in [0.1, 0.15) is 0 Å². The van der Waals surface area contributed by atoms with Gasteiger partial charge in [0.1, 0.15) is 0 Å². The van der Waals surface area contributed by atoms with E-state index in [4.69, 9.17) is 5.11 Å². The number of nitro benzene ring substituents is 1. The minimum atomic E-state index is -1.40. The summed E-state index contributed by atoms with van der Waals surface area (Å²) >= 11 is 1.05. The molecular formula is C9H5NO5S. The van der Waals surface area contributed by atoms with Crippen molar-refractivity contribution in [2.75, 3.05) is 0 Å². The lowest BCUT2D eigenvalue weighted by molar-refractivity contribution is -0.384. The van der Waals surface area contributed by atoms with Gasteiger partial charge in [-0.15, -0.1) is 0 Å². The summed E-state index contributed by atoms with van der Waals surface area (Å²) in [5, 5.41) is 19.8. The van der Waals surface area contributed by atoms with Gasteiger partial charge >= 0.3 is 6.16 Å². The molecule has 0 spiro atoms. The molecule has 0 saturated carbocycles. The number of hydrogen-bond donors (Lipinski definition) is 1. The summed E-state index contributed by atoms with van der Waals surface area (Å²) in [5.74, 6) is 0. The molecule has 0 saturated heterocycles. The lowest BCUT2D eigenvalue weighted by Crippen LogP contribution is -2.00. The van der Waals surface area contributed by atoms with Crippen molar-refractivity contribution < 1.29 is 19.6 Å². The van der Waals surface area contributed by atoms with Gasteiger partial charge in [-0.25, -0.2) is 4.79 Å². The van der Waals surface area contributed by atoms with E-state index in [0.29, 0.717) is 10.1 Å². The molecule has 6 nitrogen and oxygen atoms in total. The molecule has 0 aliphatic carbocycles. The molecule has 0 atom stereocenters. The first kappa shape index (κ1) is 10.4. The van der Waals surface area contributed by atoms with Crippen LogP contribution >= 0.6 is 11.3 Å². The van der Waals surface area contributed by atoms with Crippen molar-refractivity contribution in [1.29, 1.82) is 0 Å². The first-order valence-corrected chi connectivity index (χ1v) is 4.96. The van der Waals surface area contributed by atoms with Gasteiger partial charge < -0.3 is 9.84 Å². The third kappa shape index (κ3) is 1.94. The molecule has 0 fully saturated rings. The van der Waals surface area contributed by atoms with Crippen LogP contribution in [0.4, 0.5) is 10.5 Å². The lowest BCUT2D eigenvalue weighted by Gasteiger charge is -1.90. The van der Waals surface area contributed by atoms with Gasteiger partial charge in [-0.2, -0.15) is 0 Å². The van der Waals surface area contributed by atoms with Crippen LogP contribution in [0.25, 0.3) is 10.1 Å². The number of nitrogens with zero attached hydrogens (tertiary/aromatic N) is 1. The molecule has 16 heavy (non-hydrogen) atoms. The van der Waals surface area contributed by atoms with Crippen molar-refractivity contribution in [1.82, 2.24) is 0 Å². The molecule has 1 aromatic carbocycles. The second kappa shape index (κ2) is 3.78. The summed E-state index contributed by atoms with van der Waals surface area (Å²) in [6.07, 6.45) is -1.40. The predicted octanol–water partition coefficient (Wildman–Crippen LogP) is 2.87. The first-order valence-electron chi connectivity index (χ1n) is 4.15. The van der Waals surface area contributed by atoms with E-state index >= 15 is 0 Å². The van der Waals surface area contributed by atoms with Gasteiger partial charge in [-0.1, -0.05) is 11.3 Å². The largest absolute Gasteiger partial charge is 0.512 e. The van der Waals surface area contributed by atoms with Gasteiger partial charge in [0.2, 0.25) is 0 Å². The highest BCUT2D eigenvalue weighted by Crippen LogP contribution is 2.33. The maximum Gasteiger partial charge on any atom is 0.512 e. The number of ether oxygens (including phenoxy) is 1. The highest BCUT2D eigenvalue weighted by molar-refractivity contribution is 7.20. The van der Waals surface area contributed by atoms with Crippen molar-refractivity contribution in [2.45, 2.75) is 0 Å². The molecule has 2 rings (SSSR count). The second-order valence-corrected chi connectivity index (χ2v) is 3.96. The molecule has 1 aromatic heterocycles. The molecule has 0 bridgehead atoms. The Morgan fingerprint density at radius 2 is 2.19 bits per heavy atom. The average Bonchev–Trinajstić information content (AvgIpc) is 2.56. The van der Waals surface area contributed by atoms with Gasteiger partial charge in [0.15, 0.2) is 5.06 Å². The Balaban J connectivity index is 2.45. The summed E-state index contributed by atoms with van der Waals surface area (Å²) in [4.78, 5) is 20.3. The van der Waals surface area contributed by atoms with Crippen LogP contribution in [-0.2, 0) is 0 Å². The Labute approximate surface area is 92.8 Å². The normalized spacial score (nSPS) is 10.2. The lowest BCUT2D eigenvalue weighted by atomic mass is 10.2. The van der Waals surface area contributed by atoms with E-state index in [0.717, 1.165) is 11.3 Å². The summed E-state index contributed by atoms with van der Waals surface area (Å²) in [7, 11) is 0. The highest BCUT2D eigenvalue weighted by Gasteiger charge is 2.10. The predicted molar refractivity (Wildman–Crippen MR) is 57.1 cm³/mol. The fourth-order valence-electron chi connectivity index (χ4n) is 1.25. The number of carboxylic acid groups (broad SMARTS) is 1. The number of hydrogen-bond acceptors (Lipinski definition) is 5. The summed E-state index contributed by atoms with van der Waals surface area (Å²) in [6, 6.07) is 5.82. The van der Waals surface area contributed by atoms with E-state index in [2.05, 4.69) is 4.74 Å². The quantitative estimate of drug-likeness (QED) is 0.494. The maximum absolute atomic E-state index is 10.5. The minimum absolute atomic E-state index is 0.0313. The third-order valence-corrected chi connectivity index (χ3v) is 2.86. The Morgan fingerprint density at radius 3 is 2.81 bits per heavy atom. The fraction of sp³-hybridized carbons (Fsp3) is 0. The van der Waals surface area contributed by atoms with Crippen molar-refractivity contribution in [2.24, 2.45) is 0 Å². The zero-order valence-corrected chi connectivity index (χ0v) is 8.56. The van der Waals surface area contributed by atoms with Crippen molar-refractivity contribution in [3.63, 3.8) is 0 Å². The third-order valence-electron chi connectivity index (χ3n) is 1.88. The SMILES string of the molecule is O=C(O)Oc1cc2ccc([N+](=O)[O-])cc2s1. The number of fused-ring (bicyclic) bond motifs is 1. The standard InChI is InChI=1S/C9H5NO5S/c11-9(12)15-8-3-5-1-2-6(10(13)14)4-7(5)16-8/h1-4H,(H,11,12). The topological polar surface area (TPSA) is 89.7 Å². The highest BCUT2D eigenvalue weighted by atomic mass is 32.1. The average molecular weight is 239 g/mol. The van der Waals surface area contributed by atoms with Crippen LogP contribution in [0.2, 0.25) is 0 Å². The Kier molecular flexibility index (Phi) is 2.45. The van der Waals surface area contributed by atoms with Gasteiger partial charge in [-0.3, -0.25) is 10.1 Å². The molecule has 0 radical (unpaired) electrons. The Hall–Kier alpha value is -2.15. The summed E-state index contributed by atoms with van der Waals surface area (Å²) in [5.41, 5.74) is -0.0313. The van der Waals surface area contributed by atoms with E-state index in [-0.39, 0.29) is 10.8 Å². The summed E-state index contributed by atoms with van der Waals surface area (Å²) in [6.45, 7) is 0.